The van der Waals surface area contributed by atoms with E-state index in [2.05, 4.69) is 15.9 Å². The van der Waals surface area contributed by atoms with Crippen molar-refractivity contribution >= 4 is 56.9 Å². The second-order valence-electron chi connectivity index (χ2n) is 5.55. The quantitative estimate of drug-likeness (QED) is 0.520. The number of esters is 1. The molecular formula is C17H11BrClNO3S. The van der Waals surface area contributed by atoms with Crippen LogP contribution in [0.4, 0.5) is 5.69 Å². The number of thioether (sulfide) groups is 1. The first kappa shape index (κ1) is 16.0. The van der Waals surface area contributed by atoms with Crippen LogP contribution in [0.5, 0.6) is 5.75 Å². The van der Waals surface area contributed by atoms with Gasteiger partial charge in [0.25, 0.3) is 0 Å². The van der Waals surface area contributed by atoms with E-state index < -0.39 is 10.8 Å². The zero-order chi connectivity index (χ0) is 16.9. The van der Waals surface area contributed by atoms with Gasteiger partial charge in [0.05, 0.1) is 10.2 Å². The summed E-state index contributed by atoms with van der Waals surface area (Å²) in [6.45, 7) is 0. The van der Waals surface area contributed by atoms with Crippen molar-refractivity contribution in [1.29, 1.82) is 0 Å². The van der Waals surface area contributed by atoms with Gasteiger partial charge in [-0.15, -0.1) is 0 Å². The van der Waals surface area contributed by atoms with Gasteiger partial charge in [0.15, 0.2) is 4.87 Å². The molecule has 2 aliphatic heterocycles. The number of para-hydroxylation sites is 1. The molecule has 24 heavy (non-hydrogen) atoms. The number of fused-ring (bicyclic) bond motifs is 3. The molecule has 4 rings (SSSR count). The monoisotopic (exact) mass is 423 g/mol. The molecule has 122 valence electrons. The number of ether oxygens (including phenoxy) is 1. The lowest BCUT2D eigenvalue weighted by atomic mass is 10.2. The molecular weight excluding hydrogens is 414 g/mol. The maximum Gasteiger partial charge on any atom is 0.348 e. The molecule has 0 saturated carbocycles. The maximum absolute atomic E-state index is 13.0. The SMILES string of the molecule is O=C1CCC2(C(=O)Oc3ccc(Cl)cc3Br)Sc3ccccc3N12. The van der Waals surface area contributed by atoms with Gasteiger partial charge >= 0.3 is 5.97 Å². The third kappa shape index (κ3) is 2.36. The number of rotatable bonds is 2. The molecule has 0 aliphatic carbocycles. The highest BCUT2D eigenvalue weighted by Crippen LogP contribution is 2.56. The second kappa shape index (κ2) is 5.79. The van der Waals surface area contributed by atoms with E-state index in [9.17, 15) is 9.59 Å². The van der Waals surface area contributed by atoms with Gasteiger partial charge in [-0.25, -0.2) is 4.79 Å². The number of amides is 1. The van der Waals surface area contributed by atoms with E-state index in [0.29, 0.717) is 28.1 Å². The predicted molar refractivity (Wildman–Crippen MR) is 96.5 cm³/mol. The smallest absolute Gasteiger partial charge is 0.348 e. The van der Waals surface area contributed by atoms with Gasteiger partial charge < -0.3 is 4.74 Å². The fourth-order valence-electron chi connectivity index (χ4n) is 3.01. The van der Waals surface area contributed by atoms with Crippen LogP contribution in [0, 0.1) is 0 Å². The Labute approximate surface area is 156 Å². The Hall–Kier alpha value is -1.50. The Morgan fingerprint density at radius 2 is 2.08 bits per heavy atom. The Balaban J connectivity index is 1.70. The first-order chi connectivity index (χ1) is 11.5. The summed E-state index contributed by atoms with van der Waals surface area (Å²) in [5.41, 5.74) is 0.775. The fourth-order valence-corrected chi connectivity index (χ4v) is 5.17. The van der Waals surface area contributed by atoms with Crippen molar-refractivity contribution in [3.05, 3.63) is 52.0 Å². The highest BCUT2D eigenvalue weighted by Gasteiger charge is 2.58. The van der Waals surface area contributed by atoms with Gasteiger partial charge in [-0.3, -0.25) is 9.69 Å². The van der Waals surface area contributed by atoms with Crippen LogP contribution in [-0.2, 0) is 9.59 Å². The minimum atomic E-state index is -1.03. The molecule has 1 amide bonds. The van der Waals surface area contributed by atoms with Crippen molar-refractivity contribution in [2.24, 2.45) is 0 Å². The first-order valence-electron chi connectivity index (χ1n) is 7.30. The van der Waals surface area contributed by atoms with E-state index in [1.807, 2.05) is 24.3 Å². The van der Waals surface area contributed by atoms with Gasteiger partial charge in [-0.05, 0) is 46.3 Å². The maximum atomic E-state index is 13.0. The number of nitrogens with zero attached hydrogens (tertiary/aromatic N) is 1. The van der Waals surface area contributed by atoms with E-state index in [1.54, 1.807) is 23.1 Å². The van der Waals surface area contributed by atoms with Crippen molar-refractivity contribution in [1.82, 2.24) is 0 Å². The molecule has 1 fully saturated rings. The summed E-state index contributed by atoms with van der Waals surface area (Å²) in [7, 11) is 0. The summed E-state index contributed by atoms with van der Waals surface area (Å²) < 4.78 is 6.20. The van der Waals surface area contributed by atoms with Crippen LogP contribution in [0.15, 0.2) is 51.8 Å². The summed E-state index contributed by atoms with van der Waals surface area (Å²) >= 11 is 10.7. The molecule has 0 aromatic heterocycles. The molecule has 1 saturated heterocycles. The van der Waals surface area contributed by atoms with Crippen LogP contribution >= 0.6 is 39.3 Å². The third-order valence-electron chi connectivity index (χ3n) is 4.09. The van der Waals surface area contributed by atoms with Crippen LogP contribution < -0.4 is 9.64 Å². The van der Waals surface area contributed by atoms with Gasteiger partial charge in [-0.2, -0.15) is 0 Å². The number of halogens is 2. The van der Waals surface area contributed by atoms with Crippen LogP contribution in [0.3, 0.4) is 0 Å². The van der Waals surface area contributed by atoms with Crippen molar-refractivity contribution in [2.45, 2.75) is 22.6 Å². The molecule has 0 spiro atoms. The summed E-state index contributed by atoms with van der Waals surface area (Å²) in [5.74, 6) is -0.119. The number of benzene rings is 2. The molecule has 0 radical (unpaired) electrons. The second-order valence-corrected chi connectivity index (χ2v) is 8.16. The Kier molecular flexibility index (Phi) is 3.86. The highest BCUT2D eigenvalue weighted by atomic mass is 79.9. The zero-order valence-electron chi connectivity index (χ0n) is 12.3. The molecule has 0 N–H and O–H groups in total. The normalized spacial score (nSPS) is 21.6. The van der Waals surface area contributed by atoms with Gasteiger partial charge in [0, 0.05) is 22.8 Å². The summed E-state index contributed by atoms with van der Waals surface area (Å²) in [5, 5.41) is 0.542. The molecule has 1 unspecified atom stereocenters. The average molecular weight is 425 g/mol. The topological polar surface area (TPSA) is 46.6 Å². The van der Waals surface area contributed by atoms with E-state index in [4.69, 9.17) is 16.3 Å². The van der Waals surface area contributed by atoms with Gasteiger partial charge in [0.1, 0.15) is 5.75 Å². The molecule has 0 bridgehead atoms. The van der Waals surface area contributed by atoms with Crippen LogP contribution in [0.25, 0.3) is 0 Å². The number of hydrogen-bond donors (Lipinski definition) is 0. The molecule has 2 heterocycles. The van der Waals surface area contributed by atoms with Crippen LogP contribution in [-0.4, -0.2) is 16.7 Å². The molecule has 1 atom stereocenters. The Morgan fingerprint density at radius 1 is 1.29 bits per heavy atom. The summed E-state index contributed by atoms with van der Waals surface area (Å²) in [4.78, 5) is 26.8. The van der Waals surface area contributed by atoms with E-state index in [-0.39, 0.29) is 5.91 Å². The molecule has 2 aromatic carbocycles. The van der Waals surface area contributed by atoms with Crippen LogP contribution in [0.2, 0.25) is 5.02 Å². The van der Waals surface area contributed by atoms with E-state index in [1.165, 1.54) is 11.8 Å². The molecule has 4 nitrogen and oxygen atoms in total. The number of carbonyl (C=O) groups is 2. The lowest BCUT2D eigenvalue weighted by Gasteiger charge is -2.28. The lowest BCUT2D eigenvalue weighted by Crippen LogP contribution is -2.49. The highest BCUT2D eigenvalue weighted by molar-refractivity contribution is 9.10. The largest absolute Gasteiger partial charge is 0.423 e. The van der Waals surface area contributed by atoms with Crippen molar-refractivity contribution in [2.75, 3.05) is 4.90 Å². The average Bonchev–Trinajstić information content (AvgIpc) is 3.06. The molecule has 7 heteroatoms. The van der Waals surface area contributed by atoms with Gasteiger partial charge in [-0.1, -0.05) is 35.5 Å². The fraction of sp³-hybridized carbons (Fsp3) is 0.176. The van der Waals surface area contributed by atoms with Crippen molar-refractivity contribution in [3.63, 3.8) is 0 Å². The van der Waals surface area contributed by atoms with Crippen LogP contribution in [0.1, 0.15) is 12.8 Å². The van der Waals surface area contributed by atoms with Gasteiger partial charge in [0.2, 0.25) is 5.91 Å². The predicted octanol–water partition coefficient (Wildman–Crippen LogP) is 4.64. The zero-order valence-corrected chi connectivity index (χ0v) is 15.5. The Morgan fingerprint density at radius 3 is 2.88 bits per heavy atom. The summed E-state index contributed by atoms with van der Waals surface area (Å²) in [6, 6.07) is 12.5. The number of anilines is 1. The Bertz CT molecular complexity index is 875. The van der Waals surface area contributed by atoms with E-state index >= 15 is 0 Å². The minimum Gasteiger partial charge on any atom is -0.423 e. The lowest BCUT2D eigenvalue weighted by molar-refractivity contribution is -0.137. The standard InChI is InChI=1S/C17H11BrClNO3S/c18-11-9-10(19)5-6-13(11)23-16(22)17-8-7-15(21)20(17)12-3-1-2-4-14(12)24-17/h1-6,9H,7-8H2. The summed E-state index contributed by atoms with van der Waals surface area (Å²) in [6.07, 6.45) is 0.757. The first-order valence-corrected chi connectivity index (χ1v) is 9.28. The minimum absolute atomic E-state index is 0.0560. The number of hydrogen-bond acceptors (Lipinski definition) is 4. The number of carbonyl (C=O) groups excluding carboxylic acids is 2. The van der Waals surface area contributed by atoms with Crippen molar-refractivity contribution in [3.8, 4) is 5.75 Å². The van der Waals surface area contributed by atoms with E-state index in [0.717, 1.165) is 10.6 Å². The van der Waals surface area contributed by atoms with Crippen molar-refractivity contribution < 1.29 is 14.3 Å². The third-order valence-corrected chi connectivity index (χ3v) is 6.40. The molecule has 2 aliphatic rings. The molecule has 2 aromatic rings.